The molecule has 1 aromatic heterocycles. The summed E-state index contributed by atoms with van der Waals surface area (Å²) in [5, 5.41) is 3.87. The number of nitrogens with one attached hydrogen (secondary N) is 2. The van der Waals surface area contributed by atoms with Gasteiger partial charge in [-0.05, 0) is 79.8 Å². The van der Waals surface area contributed by atoms with Crippen LogP contribution in [0.2, 0.25) is 0 Å². The van der Waals surface area contributed by atoms with Crippen LogP contribution in [0.4, 0.5) is 4.39 Å². The standard InChI is InChI=1S/C29H29FN2O3/c1-4-12-35-28-11-8-22(21-7-5-6-20(14-21)19(3)33)15-26(28)29(34)32-18(2)13-23-17-31-27-10-9-24(30)16-25(23)27/h5-11,14-18,31H,4,12-13H2,1-3H3,(H,32,34). The average Bonchev–Trinajstić information content (AvgIpc) is 3.24. The minimum Gasteiger partial charge on any atom is -0.493 e. The van der Waals surface area contributed by atoms with Gasteiger partial charge in [0.1, 0.15) is 11.6 Å². The van der Waals surface area contributed by atoms with Crippen molar-refractivity contribution in [2.45, 2.75) is 39.7 Å². The van der Waals surface area contributed by atoms with Crippen molar-refractivity contribution in [3.05, 3.63) is 89.4 Å². The number of hydrogen-bond donors (Lipinski definition) is 2. The molecule has 1 amide bonds. The number of carbonyl (C=O) groups is 2. The van der Waals surface area contributed by atoms with Crippen molar-refractivity contribution in [2.24, 2.45) is 0 Å². The van der Waals surface area contributed by atoms with Crippen LogP contribution < -0.4 is 10.1 Å². The summed E-state index contributed by atoms with van der Waals surface area (Å²) in [6.07, 6.45) is 3.21. The maximum Gasteiger partial charge on any atom is 0.255 e. The molecule has 0 aliphatic heterocycles. The Balaban J connectivity index is 1.59. The van der Waals surface area contributed by atoms with Crippen LogP contribution in [0.1, 0.15) is 53.5 Å². The lowest BCUT2D eigenvalue weighted by Crippen LogP contribution is -2.34. The lowest BCUT2D eigenvalue weighted by atomic mass is 9.99. The lowest BCUT2D eigenvalue weighted by Gasteiger charge is -2.17. The van der Waals surface area contributed by atoms with Crippen LogP contribution in [0.3, 0.4) is 0 Å². The summed E-state index contributed by atoms with van der Waals surface area (Å²) in [5.41, 5.74) is 4.51. The van der Waals surface area contributed by atoms with Gasteiger partial charge in [-0.25, -0.2) is 4.39 Å². The van der Waals surface area contributed by atoms with E-state index < -0.39 is 0 Å². The van der Waals surface area contributed by atoms with E-state index in [1.54, 1.807) is 24.3 Å². The van der Waals surface area contributed by atoms with Gasteiger partial charge in [0.2, 0.25) is 0 Å². The molecule has 1 unspecified atom stereocenters. The van der Waals surface area contributed by atoms with Gasteiger partial charge in [-0.1, -0.05) is 31.2 Å². The second kappa shape index (κ2) is 10.6. The molecule has 2 N–H and O–H groups in total. The number of hydrogen-bond acceptors (Lipinski definition) is 3. The Kier molecular flexibility index (Phi) is 7.30. The number of aromatic nitrogens is 1. The number of aromatic amines is 1. The number of H-pyrrole nitrogens is 1. The van der Waals surface area contributed by atoms with Crippen molar-refractivity contribution in [2.75, 3.05) is 6.61 Å². The number of ketones is 1. The zero-order valence-corrected chi connectivity index (χ0v) is 20.2. The zero-order chi connectivity index (χ0) is 24.9. The summed E-state index contributed by atoms with van der Waals surface area (Å²) >= 11 is 0. The van der Waals surface area contributed by atoms with Gasteiger partial charge >= 0.3 is 0 Å². The van der Waals surface area contributed by atoms with Crippen molar-refractivity contribution in [1.82, 2.24) is 10.3 Å². The Labute approximate surface area is 204 Å². The third kappa shape index (κ3) is 5.60. The van der Waals surface area contributed by atoms with E-state index in [0.717, 1.165) is 34.0 Å². The van der Waals surface area contributed by atoms with Gasteiger partial charge < -0.3 is 15.0 Å². The van der Waals surface area contributed by atoms with Gasteiger partial charge in [0, 0.05) is 28.7 Å². The smallest absolute Gasteiger partial charge is 0.255 e. The van der Waals surface area contributed by atoms with E-state index >= 15 is 0 Å². The minimum absolute atomic E-state index is 0.0151. The molecule has 0 saturated heterocycles. The number of halogens is 1. The Morgan fingerprint density at radius 3 is 2.63 bits per heavy atom. The van der Waals surface area contributed by atoms with E-state index in [1.807, 2.05) is 44.3 Å². The predicted molar refractivity (Wildman–Crippen MR) is 137 cm³/mol. The first-order chi connectivity index (χ1) is 16.9. The minimum atomic E-state index is -0.293. The van der Waals surface area contributed by atoms with Crippen LogP contribution in [0.15, 0.2) is 66.9 Å². The van der Waals surface area contributed by atoms with Crippen LogP contribution >= 0.6 is 0 Å². The van der Waals surface area contributed by atoms with E-state index in [-0.39, 0.29) is 23.5 Å². The van der Waals surface area contributed by atoms with Crippen LogP contribution in [-0.2, 0) is 6.42 Å². The van der Waals surface area contributed by atoms with Crippen molar-refractivity contribution in [3.63, 3.8) is 0 Å². The van der Waals surface area contributed by atoms with Crippen LogP contribution in [0.25, 0.3) is 22.0 Å². The molecule has 0 bridgehead atoms. The molecule has 0 spiro atoms. The summed E-state index contributed by atoms with van der Waals surface area (Å²) in [7, 11) is 0. The second-order valence-electron chi connectivity index (χ2n) is 8.78. The van der Waals surface area contributed by atoms with E-state index in [9.17, 15) is 14.0 Å². The first-order valence-electron chi connectivity index (χ1n) is 11.8. The third-order valence-corrected chi connectivity index (χ3v) is 5.92. The number of carbonyl (C=O) groups excluding carboxylic acids is 2. The first-order valence-corrected chi connectivity index (χ1v) is 11.8. The maximum absolute atomic E-state index is 13.7. The number of amides is 1. The number of rotatable bonds is 9. The molecule has 1 heterocycles. The fraction of sp³-hybridized carbons (Fsp3) is 0.241. The van der Waals surface area contributed by atoms with Crippen molar-refractivity contribution in [3.8, 4) is 16.9 Å². The Morgan fingerprint density at radius 1 is 1.06 bits per heavy atom. The van der Waals surface area contributed by atoms with E-state index in [4.69, 9.17) is 4.74 Å². The second-order valence-corrected chi connectivity index (χ2v) is 8.78. The molecule has 4 aromatic rings. The average molecular weight is 473 g/mol. The highest BCUT2D eigenvalue weighted by Gasteiger charge is 2.18. The third-order valence-electron chi connectivity index (χ3n) is 5.92. The van der Waals surface area contributed by atoms with Gasteiger partial charge in [-0.3, -0.25) is 9.59 Å². The highest BCUT2D eigenvalue weighted by atomic mass is 19.1. The molecule has 35 heavy (non-hydrogen) atoms. The summed E-state index contributed by atoms with van der Waals surface area (Å²) in [5.74, 6) is -0.0477. The fourth-order valence-electron chi connectivity index (χ4n) is 4.14. The van der Waals surface area contributed by atoms with E-state index in [2.05, 4.69) is 10.3 Å². The van der Waals surface area contributed by atoms with Gasteiger partial charge in [-0.15, -0.1) is 0 Å². The van der Waals surface area contributed by atoms with Crippen LogP contribution in [-0.4, -0.2) is 29.3 Å². The molecule has 5 nitrogen and oxygen atoms in total. The quantitative estimate of drug-likeness (QED) is 0.280. The topological polar surface area (TPSA) is 71.2 Å². The zero-order valence-electron chi connectivity index (χ0n) is 20.2. The normalized spacial score (nSPS) is 11.9. The largest absolute Gasteiger partial charge is 0.493 e. The molecule has 0 saturated carbocycles. The van der Waals surface area contributed by atoms with Crippen LogP contribution in [0, 0.1) is 5.82 Å². The van der Waals surface area contributed by atoms with Crippen LogP contribution in [0.5, 0.6) is 5.75 Å². The van der Waals surface area contributed by atoms with Gasteiger partial charge in [0.05, 0.1) is 12.2 Å². The molecular formula is C29H29FN2O3. The van der Waals surface area contributed by atoms with E-state index in [1.165, 1.54) is 19.1 Å². The van der Waals surface area contributed by atoms with Crippen molar-refractivity contribution < 1.29 is 18.7 Å². The molecule has 0 aliphatic rings. The number of benzene rings is 3. The fourth-order valence-corrected chi connectivity index (χ4v) is 4.14. The first kappa shape index (κ1) is 24.2. The SMILES string of the molecule is CCCOc1ccc(-c2cccc(C(C)=O)c2)cc1C(=O)NC(C)Cc1c[nH]c2ccc(F)cc12. The summed E-state index contributed by atoms with van der Waals surface area (Å²) in [6.45, 7) is 5.95. The molecule has 0 radical (unpaired) electrons. The number of Topliss-reactive ketones (excluding diaryl/α,β-unsaturated/α-hetero) is 1. The molecule has 0 aliphatic carbocycles. The maximum atomic E-state index is 13.7. The van der Waals surface area contributed by atoms with Crippen molar-refractivity contribution in [1.29, 1.82) is 0 Å². The van der Waals surface area contributed by atoms with E-state index in [0.29, 0.717) is 29.9 Å². The molecule has 0 fully saturated rings. The highest BCUT2D eigenvalue weighted by Crippen LogP contribution is 2.28. The number of fused-ring (bicyclic) bond motifs is 1. The Morgan fingerprint density at radius 2 is 1.86 bits per heavy atom. The summed E-state index contributed by atoms with van der Waals surface area (Å²) < 4.78 is 19.6. The molecule has 6 heteroatoms. The number of ether oxygens (including phenoxy) is 1. The molecule has 180 valence electrons. The highest BCUT2D eigenvalue weighted by molar-refractivity contribution is 5.99. The lowest BCUT2D eigenvalue weighted by molar-refractivity contribution is 0.0935. The molecule has 1 atom stereocenters. The van der Waals surface area contributed by atoms with Crippen molar-refractivity contribution >= 4 is 22.6 Å². The summed E-state index contributed by atoms with van der Waals surface area (Å²) in [6, 6.07) is 17.3. The molecular weight excluding hydrogens is 443 g/mol. The Hall–Kier alpha value is -3.93. The molecule has 4 rings (SSSR count). The Bertz CT molecular complexity index is 1380. The molecule has 3 aromatic carbocycles. The monoisotopic (exact) mass is 472 g/mol. The van der Waals surface area contributed by atoms with Gasteiger partial charge in [0.25, 0.3) is 5.91 Å². The van der Waals surface area contributed by atoms with Gasteiger partial charge in [0.15, 0.2) is 5.78 Å². The van der Waals surface area contributed by atoms with Gasteiger partial charge in [-0.2, -0.15) is 0 Å². The predicted octanol–water partition coefficient (Wildman–Crippen LogP) is 6.33. The summed E-state index contributed by atoms with van der Waals surface area (Å²) in [4.78, 5) is 28.3.